The summed E-state index contributed by atoms with van der Waals surface area (Å²) in [4.78, 5) is 4.59. The van der Waals surface area contributed by atoms with Gasteiger partial charge in [-0.05, 0) is 36.8 Å². The molecule has 4 rings (SSSR count). The number of fused-ring (bicyclic) bond motifs is 1. The number of halogens is 1. The average molecular weight is 269 g/mol. The average Bonchev–Trinajstić information content (AvgIpc) is 3.09. The van der Waals surface area contributed by atoms with Crippen molar-refractivity contribution in [2.75, 3.05) is 0 Å². The highest BCUT2D eigenvalue weighted by atomic mass is 19.1. The highest BCUT2D eigenvalue weighted by molar-refractivity contribution is 5.61. The highest BCUT2D eigenvalue weighted by Gasteiger charge is 2.32. The molecule has 1 aliphatic carbocycles. The van der Waals surface area contributed by atoms with E-state index in [2.05, 4.69) is 16.7 Å². The molecule has 0 radical (unpaired) electrons. The molecule has 20 heavy (non-hydrogen) atoms. The van der Waals surface area contributed by atoms with E-state index in [0.29, 0.717) is 11.5 Å². The minimum Gasteiger partial charge on any atom is -0.242 e. The van der Waals surface area contributed by atoms with Crippen LogP contribution in [0.3, 0.4) is 0 Å². The first-order valence-corrected chi connectivity index (χ1v) is 7.13. The number of aromatic nitrogens is 3. The summed E-state index contributed by atoms with van der Waals surface area (Å²) in [6.07, 6.45) is 4.11. The molecule has 0 N–H and O–H groups in total. The molecule has 0 amide bonds. The van der Waals surface area contributed by atoms with E-state index in [1.165, 1.54) is 18.9 Å². The Balaban J connectivity index is 1.71. The number of nitrogens with zero attached hydrogens (tertiary/aromatic N) is 3. The van der Waals surface area contributed by atoms with Crippen LogP contribution < -0.4 is 0 Å². The van der Waals surface area contributed by atoms with E-state index in [-0.39, 0.29) is 11.9 Å². The standard InChI is InChI=1S/C16H16FN3/c1-10(11-6-7-11)16-18-15-9-8-14(20(15)19-16)12-4-2-3-5-13(12)17/h2-5,11,14H,1,6-9H2. The Bertz CT molecular complexity index is 685. The van der Waals surface area contributed by atoms with Crippen LogP contribution in [-0.2, 0) is 6.42 Å². The first-order chi connectivity index (χ1) is 9.74. The normalized spacial score (nSPS) is 20.9. The predicted molar refractivity (Wildman–Crippen MR) is 74.6 cm³/mol. The molecule has 2 aromatic rings. The van der Waals surface area contributed by atoms with Gasteiger partial charge in [-0.25, -0.2) is 14.1 Å². The van der Waals surface area contributed by atoms with Gasteiger partial charge in [0.1, 0.15) is 11.6 Å². The van der Waals surface area contributed by atoms with Gasteiger partial charge in [0.25, 0.3) is 0 Å². The maximum atomic E-state index is 14.0. The summed E-state index contributed by atoms with van der Waals surface area (Å²) in [6.45, 7) is 4.10. The SMILES string of the molecule is C=C(c1nc2n(n1)C(c1ccccc1F)CC2)C1CC1. The van der Waals surface area contributed by atoms with Gasteiger partial charge in [-0.1, -0.05) is 24.8 Å². The lowest BCUT2D eigenvalue weighted by Gasteiger charge is -2.12. The lowest BCUT2D eigenvalue weighted by Crippen LogP contribution is -2.09. The topological polar surface area (TPSA) is 30.7 Å². The Hall–Kier alpha value is -1.97. The van der Waals surface area contributed by atoms with Crippen LogP contribution in [0.25, 0.3) is 5.57 Å². The van der Waals surface area contributed by atoms with Crippen molar-refractivity contribution in [3.63, 3.8) is 0 Å². The summed E-state index contributed by atoms with van der Waals surface area (Å²) < 4.78 is 15.9. The zero-order chi connectivity index (χ0) is 13.7. The lowest BCUT2D eigenvalue weighted by atomic mass is 10.0. The van der Waals surface area contributed by atoms with Gasteiger partial charge in [0, 0.05) is 12.0 Å². The zero-order valence-electron chi connectivity index (χ0n) is 11.2. The lowest BCUT2D eigenvalue weighted by molar-refractivity contribution is 0.512. The van der Waals surface area contributed by atoms with Gasteiger partial charge in [0.05, 0.1) is 6.04 Å². The second-order valence-electron chi connectivity index (χ2n) is 5.67. The second-order valence-corrected chi connectivity index (χ2v) is 5.67. The van der Waals surface area contributed by atoms with Crippen LogP contribution >= 0.6 is 0 Å². The number of benzene rings is 1. The minimum absolute atomic E-state index is 0.0283. The number of aryl methyl sites for hydroxylation is 1. The maximum Gasteiger partial charge on any atom is 0.177 e. The fraction of sp³-hybridized carbons (Fsp3) is 0.375. The van der Waals surface area contributed by atoms with Crippen LogP contribution in [0.1, 0.15) is 42.5 Å². The summed E-state index contributed by atoms with van der Waals surface area (Å²) in [7, 11) is 0. The molecule has 1 atom stereocenters. The van der Waals surface area contributed by atoms with Gasteiger partial charge in [-0.15, -0.1) is 0 Å². The van der Waals surface area contributed by atoms with E-state index >= 15 is 0 Å². The maximum absolute atomic E-state index is 14.0. The molecular weight excluding hydrogens is 253 g/mol. The van der Waals surface area contributed by atoms with Gasteiger partial charge in [0.2, 0.25) is 0 Å². The highest BCUT2D eigenvalue weighted by Crippen LogP contribution is 2.41. The Morgan fingerprint density at radius 2 is 2.05 bits per heavy atom. The predicted octanol–water partition coefficient (Wildman–Crippen LogP) is 3.38. The molecule has 4 heteroatoms. The fourth-order valence-corrected chi connectivity index (χ4v) is 2.95. The van der Waals surface area contributed by atoms with Crippen LogP contribution in [0, 0.1) is 11.7 Å². The van der Waals surface area contributed by atoms with Crippen molar-refractivity contribution in [1.29, 1.82) is 0 Å². The molecule has 1 aromatic heterocycles. The number of hydrogen-bond acceptors (Lipinski definition) is 2. The number of hydrogen-bond donors (Lipinski definition) is 0. The monoisotopic (exact) mass is 269 g/mol. The van der Waals surface area contributed by atoms with Crippen LogP contribution in [0.2, 0.25) is 0 Å². The van der Waals surface area contributed by atoms with Gasteiger partial charge in [0.15, 0.2) is 5.82 Å². The molecule has 1 saturated carbocycles. The van der Waals surface area contributed by atoms with E-state index in [0.717, 1.165) is 30.1 Å². The van der Waals surface area contributed by atoms with Crippen molar-refractivity contribution in [1.82, 2.24) is 14.8 Å². The van der Waals surface area contributed by atoms with E-state index in [1.807, 2.05) is 16.8 Å². The van der Waals surface area contributed by atoms with Crippen molar-refractivity contribution in [2.24, 2.45) is 5.92 Å². The van der Waals surface area contributed by atoms with E-state index in [4.69, 9.17) is 0 Å². The largest absolute Gasteiger partial charge is 0.242 e. The van der Waals surface area contributed by atoms with Gasteiger partial charge < -0.3 is 0 Å². The molecule has 0 bridgehead atoms. The first-order valence-electron chi connectivity index (χ1n) is 7.13. The summed E-state index contributed by atoms with van der Waals surface area (Å²) in [5.74, 6) is 2.10. The van der Waals surface area contributed by atoms with Crippen molar-refractivity contribution < 1.29 is 4.39 Å². The molecule has 1 aliphatic heterocycles. The van der Waals surface area contributed by atoms with Crippen LogP contribution in [0.4, 0.5) is 4.39 Å². The third-order valence-electron chi connectivity index (χ3n) is 4.26. The molecule has 102 valence electrons. The van der Waals surface area contributed by atoms with Gasteiger partial charge in [-0.3, -0.25) is 0 Å². The third kappa shape index (κ3) is 1.79. The van der Waals surface area contributed by atoms with Crippen LogP contribution in [0.5, 0.6) is 0 Å². The van der Waals surface area contributed by atoms with Crippen molar-refractivity contribution in [2.45, 2.75) is 31.7 Å². The first kappa shape index (κ1) is 11.8. The summed E-state index contributed by atoms with van der Waals surface area (Å²) in [5.41, 5.74) is 1.75. The molecule has 1 aromatic carbocycles. The van der Waals surface area contributed by atoms with Crippen LogP contribution in [-0.4, -0.2) is 14.8 Å². The number of rotatable bonds is 3. The molecule has 0 spiro atoms. The van der Waals surface area contributed by atoms with Crippen molar-refractivity contribution in [3.05, 3.63) is 53.9 Å². The van der Waals surface area contributed by atoms with Crippen molar-refractivity contribution in [3.8, 4) is 0 Å². The molecule has 1 unspecified atom stereocenters. The third-order valence-corrected chi connectivity index (χ3v) is 4.26. The molecule has 3 nitrogen and oxygen atoms in total. The Morgan fingerprint density at radius 1 is 1.25 bits per heavy atom. The summed E-state index contributed by atoms with van der Waals surface area (Å²) in [6, 6.07) is 6.91. The van der Waals surface area contributed by atoms with E-state index in [1.54, 1.807) is 6.07 Å². The van der Waals surface area contributed by atoms with E-state index < -0.39 is 0 Å². The smallest absolute Gasteiger partial charge is 0.177 e. The summed E-state index contributed by atoms with van der Waals surface area (Å²) >= 11 is 0. The van der Waals surface area contributed by atoms with Gasteiger partial charge >= 0.3 is 0 Å². The minimum atomic E-state index is -0.164. The molecule has 1 fully saturated rings. The fourth-order valence-electron chi connectivity index (χ4n) is 2.95. The number of allylic oxidation sites excluding steroid dienone is 1. The Kier molecular flexibility index (Phi) is 2.52. The Labute approximate surface area is 117 Å². The molecule has 0 saturated heterocycles. The van der Waals surface area contributed by atoms with Crippen molar-refractivity contribution >= 4 is 5.57 Å². The second kappa shape index (κ2) is 4.27. The zero-order valence-corrected chi connectivity index (χ0v) is 11.2. The molecule has 2 aliphatic rings. The molecular formula is C16H16FN3. The molecule has 2 heterocycles. The quantitative estimate of drug-likeness (QED) is 0.855. The summed E-state index contributed by atoms with van der Waals surface area (Å²) in [5, 5.41) is 4.59. The van der Waals surface area contributed by atoms with Gasteiger partial charge in [-0.2, -0.15) is 5.10 Å². The van der Waals surface area contributed by atoms with Crippen LogP contribution in [0.15, 0.2) is 30.8 Å². The Morgan fingerprint density at radius 3 is 2.80 bits per heavy atom. The van der Waals surface area contributed by atoms with E-state index in [9.17, 15) is 4.39 Å².